The van der Waals surface area contributed by atoms with Crippen LogP contribution in [0.3, 0.4) is 0 Å². The van der Waals surface area contributed by atoms with Crippen molar-refractivity contribution in [3.8, 4) is 0 Å². The molecule has 0 radical (unpaired) electrons. The van der Waals surface area contributed by atoms with Gasteiger partial charge in [-0.15, -0.1) is 0 Å². The average molecular weight is 245 g/mol. The standard InChI is InChI=1S/C12H11N3OS/c1-17-7-8-6-11-15(14-8)10-5-3-2-4-9(10)12(13)16-11/h2-6,13H,7H2,1H3. The Morgan fingerprint density at radius 2 is 2.24 bits per heavy atom. The summed E-state index contributed by atoms with van der Waals surface area (Å²) in [6, 6.07) is 9.55. The minimum absolute atomic E-state index is 0.184. The van der Waals surface area contributed by atoms with Crippen LogP contribution in [0.2, 0.25) is 0 Å². The molecule has 3 aromatic rings. The molecule has 5 heteroatoms. The lowest BCUT2D eigenvalue weighted by molar-refractivity contribution is 0.518. The van der Waals surface area contributed by atoms with Gasteiger partial charge < -0.3 is 4.42 Å². The third-order valence-electron chi connectivity index (χ3n) is 2.60. The van der Waals surface area contributed by atoms with Gasteiger partial charge in [0.2, 0.25) is 11.3 Å². The maximum atomic E-state index is 7.84. The molecule has 0 atom stereocenters. The number of hydrogen-bond acceptors (Lipinski definition) is 4. The molecule has 17 heavy (non-hydrogen) atoms. The second-order valence-corrected chi connectivity index (χ2v) is 4.63. The van der Waals surface area contributed by atoms with Gasteiger partial charge in [0.25, 0.3) is 0 Å². The van der Waals surface area contributed by atoms with Gasteiger partial charge in [0, 0.05) is 11.8 Å². The van der Waals surface area contributed by atoms with E-state index in [2.05, 4.69) is 5.10 Å². The van der Waals surface area contributed by atoms with E-state index in [1.807, 2.05) is 36.6 Å². The van der Waals surface area contributed by atoms with Crippen LogP contribution in [-0.2, 0) is 5.75 Å². The molecule has 2 aromatic heterocycles. The van der Waals surface area contributed by atoms with E-state index in [9.17, 15) is 0 Å². The predicted molar refractivity (Wildman–Crippen MR) is 68.0 cm³/mol. The number of nitrogens with one attached hydrogen (secondary N) is 1. The highest BCUT2D eigenvalue weighted by atomic mass is 32.2. The van der Waals surface area contributed by atoms with Gasteiger partial charge in [0.05, 0.1) is 16.6 Å². The van der Waals surface area contributed by atoms with E-state index in [-0.39, 0.29) is 5.55 Å². The van der Waals surface area contributed by atoms with Gasteiger partial charge >= 0.3 is 0 Å². The smallest absolute Gasteiger partial charge is 0.224 e. The Hall–Kier alpha value is -1.75. The molecular formula is C12H11N3OS. The maximum absolute atomic E-state index is 7.84. The molecule has 1 N–H and O–H groups in total. The number of hydrogen-bond donors (Lipinski definition) is 1. The van der Waals surface area contributed by atoms with Crippen LogP contribution >= 0.6 is 11.8 Å². The van der Waals surface area contributed by atoms with Crippen molar-refractivity contribution in [3.05, 3.63) is 41.6 Å². The van der Waals surface area contributed by atoms with Crippen molar-refractivity contribution in [2.24, 2.45) is 0 Å². The van der Waals surface area contributed by atoms with E-state index in [4.69, 9.17) is 9.83 Å². The van der Waals surface area contributed by atoms with Gasteiger partial charge in [-0.25, -0.2) is 0 Å². The number of aromatic nitrogens is 2. The van der Waals surface area contributed by atoms with E-state index >= 15 is 0 Å². The second-order valence-electron chi connectivity index (χ2n) is 3.77. The zero-order valence-electron chi connectivity index (χ0n) is 9.30. The molecule has 0 bridgehead atoms. The van der Waals surface area contributed by atoms with Crippen LogP contribution in [0.5, 0.6) is 0 Å². The Morgan fingerprint density at radius 1 is 1.41 bits per heavy atom. The Labute approximate surface area is 102 Å². The lowest BCUT2D eigenvalue weighted by atomic mass is 10.2. The molecule has 0 spiro atoms. The quantitative estimate of drug-likeness (QED) is 0.754. The summed E-state index contributed by atoms with van der Waals surface area (Å²) in [7, 11) is 0. The summed E-state index contributed by atoms with van der Waals surface area (Å²) in [5, 5.41) is 13.1. The molecule has 0 fully saturated rings. The van der Waals surface area contributed by atoms with Gasteiger partial charge in [-0.3, -0.25) is 5.41 Å². The number of nitrogens with zero attached hydrogens (tertiary/aromatic N) is 2. The topological polar surface area (TPSA) is 54.3 Å². The van der Waals surface area contributed by atoms with E-state index in [0.717, 1.165) is 22.3 Å². The third-order valence-corrected chi connectivity index (χ3v) is 3.19. The summed E-state index contributed by atoms with van der Waals surface area (Å²) in [5.74, 6) is 0.846. The molecule has 2 heterocycles. The largest absolute Gasteiger partial charge is 0.420 e. The minimum Gasteiger partial charge on any atom is -0.420 e. The fourth-order valence-electron chi connectivity index (χ4n) is 1.88. The summed E-state index contributed by atoms with van der Waals surface area (Å²) in [6.07, 6.45) is 2.04. The highest BCUT2D eigenvalue weighted by Gasteiger charge is 2.08. The highest BCUT2D eigenvalue weighted by Crippen LogP contribution is 2.15. The van der Waals surface area contributed by atoms with Gasteiger partial charge in [0.15, 0.2) is 0 Å². The lowest BCUT2D eigenvalue weighted by Gasteiger charge is -1.99. The first kappa shape index (κ1) is 10.4. The summed E-state index contributed by atoms with van der Waals surface area (Å²) in [4.78, 5) is 0. The Bertz CT molecular complexity index is 744. The molecule has 0 aliphatic carbocycles. The van der Waals surface area contributed by atoms with Crippen molar-refractivity contribution in [1.82, 2.24) is 9.61 Å². The van der Waals surface area contributed by atoms with Crippen molar-refractivity contribution in [2.45, 2.75) is 5.75 Å². The molecule has 0 unspecified atom stereocenters. The molecule has 3 rings (SSSR count). The number of thioether (sulfide) groups is 1. The zero-order chi connectivity index (χ0) is 11.8. The Morgan fingerprint density at radius 3 is 3.06 bits per heavy atom. The molecule has 0 aliphatic heterocycles. The molecule has 0 saturated heterocycles. The number of fused-ring (bicyclic) bond motifs is 3. The molecule has 4 nitrogen and oxygen atoms in total. The first-order chi connectivity index (χ1) is 8.29. The first-order valence-electron chi connectivity index (χ1n) is 5.23. The minimum atomic E-state index is 0.184. The van der Waals surface area contributed by atoms with Crippen LogP contribution in [0.4, 0.5) is 0 Å². The van der Waals surface area contributed by atoms with Crippen molar-refractivity contribution in [3.63, 3.8) is 0 Å². The Kier molecular flexibility index (Phi) is 2.40. The van der Waals surface area contributed by atoms with E-state index < -0.39 is 0 Å². The van der Waals surface area contributed by atoms with Crippen molar-refractivity contribution in [1.29, 1.82) is 5.41 Å². The number of benzene rings is 1. The summed E-state index contributed by atoms with van der Waals surface area (Å²) in [5.41, 5.74) is 2.68. The fraction of sp³-hybridized carbons (Fsp3) is 0.167. The lowest BCUT2D eigenvalue weighted by Crippen LogP contribution is -2.04. The molecule has 0 saturated carbocycles. The molecule has 0 aliphatic rings. The molecular weight excluding hydrogens is 234 g/mol. The van der Waals surface area contributed by atoms with Gasteiger partial charge in [-0.2, -0.15) is 21.4 Å². The monoisotopic (exact) mass is 245 g/mol. The zero-order valence-corrected chi connectivity index (χ0v) is 10.1. The normalized spacial score (nSPS) is 11.4. The van der Waals surface area contributed by atoms with E-state index in [1.54, 1.807) is 16.3 Å². The van der Waals surface area contributed by atoms with Crippen LogP contribution in [0.25, 0.3) is 16.6 Å². The van der Waals surface area contributed by atoms with E-state index in [1.165, 1.54) is 0 Å². The molecule has 0 amide bonds. The number of rotatable bonds is 2. The second kappa shape index (κ2) is 3.92. The van der Waals surface area contributed by atoms with Gasteiger partial charge in [0.1, 0.15) is 0 Å². The van der Waals surface area contributed by atoms with Crippen LogP contribution in [-0.4, -0.2) is 15.9 Å². The Balaban J connectivity index is 2.42. The summed E-state index contributed by atoms with van der Waals surface area (Å²) < 4.78 is 7.22. The summed E-state index contributed by atoms with van der Waals surface area (Å²) >= 11 is 1.72. The van der Waals surface area contributed by atoms with Crippen LogP contribution in [0.15, 0.2) is 34.7 Å². The van der Waals surface area contributed by atoms with Crippen LogP contribution in [0, 0.1) is 5.41 Å². The summed E-state index contributed by atoms with van der Waals surface area (Å²) in [6.45, 7) is 0. The highest BCUT2D eigenvalue weighted by molar-refractivity contribution is 7.97. The predicted octanol–water partition coefficient (Wildman–Crippen LogP) is 2.42. The number of para-hydroxylation sites is 1. The fourth-order valence-corrected chi connectivity index (χ4v) is 2.32. The van der Waals surface area contributed by atoms with Crippen LogP contribution < -0.4 is 5.55 Å². The third kappa shape index (κ3) is 1.63. The van der Waals surface area contributed by atoms with Gasteiger partial charge in [-0.1, -0.05) is 12.1 Å². The van der Waals surface area contributed by atoms with Crippen molar-refractivity contribution < 1.29 is 4.42 Å². The van der Waals surface area contributed by atoms with Gasteiger partial charge in [-0.05, 0) is 18.4 Å². The van der Waals surface area contributed by atoms with Crippen molar-refractivity contribution >= 4 is 28.4 Å². The SMILES string of the molecule is CSCc1cc2oc(=N)c3ccccc3n2n1. The van der Waals surface area contributed by atoms with Crippen LogP contribution in [0.1, 0.15) is 5.69 Å². The first-order valence-corrected chi connectivity index (χ1v) is 6.63. The van der Waals surface area contributed by atoms with E-state index in [0.29, 0.717) is 5.71 Å². The maximum Gasteiger partial charge on any atom is 0.224 e. The average Bonchev–Trinajstić information content (AvgIpc) is 2.73. The van der Waals surface area contributed by atoms with Crippen molar-refractivity contribution in [2.75, 3.05) is 6.26 Å². The molecule has 1 aromatic carbocycles. The molecule has 86 valence electrons.